The van der Waals surface area contributed by atoms with Crippen molar-refractivity contribution in [3.63, 3.8) is 0 Å². The summed E-state index contributed by atoms with van der Waals surface area (Å²) < 4.78 is 42.9. The number of aromatic nitrogens is 3. The Hall–Kier alpha value is -4.07. The van der Waals surface area contributed by atoms with Crippen molar-refractivity contribution in [3.05, 3.63) is 83.9 Å². The monoisotopic (exact) mass is 611 g/mol. The highest BCUT2D eigenvalue weighted by atomic mass is 32.2. The second-order valence-corrected chi connectivity index (χ2v) is 11.2. The molecule has 3 N–H and O–H groups in total. The molecule has 13 heteroatoms. The highest BCUT2D eigenvalue weighted by Gasteiger charge is 2.34. The van der Waals surface area contributed by atoms with Gasteiger partial charge in [-0.2, -0.15) is 9.67 Å². The van der Waals surface area contributed by atoms with Gasteiger partial charge in [-0.15, -0.1) is 30.0 Å². The molecule has 1 unspecified atom stereocenters. The minimum absolute atomic E-state index is 0.0814. The third-order valence-electron chi connectivity index (χ3n) is 6.81. The van der Waals surface area contributed by atoms with Crippen molar-refractivity contribution in [3.8, 4) is 22.8 Å². The molecule has 1 atom stereocenters. The average Bonchev–Trinajstić information content (AvgIpc) is 3.58. The molecule has 0 radical (unpaired) electrons. The summed E-state index contributed by atoms with van der Waals surface area (Å²) in [6, 6.07) is 21.3. The molecule has 1 fully saturated rings. The number of carbonyl (C=O) groups excluding carboxylic acids is 1. The van der Waals surface area contributed by atoms with Crippen molar-refractivity contribution < 1.29 is 22.7 Å². The van der Waals surface area contributed by atoms with Crippen LogP contribution in [0.3, 0.4) is 0 Å². The van der Waals surface area contributed by atoms with Crippen LogP contribution in [0.15, 0.2) is 72.8 Å². The van der Waals surface area contributed by atoms with E-state index in [0.29, 0.717) is 35.7 Å². The van der Waals surface area contributed by atoms with Gasteiger partial charge >= 0.3 is 6.36 Å². The number of anilines is 2. The van der Waals surface area contributed by atoms with E-state index in [9.17, 15) is 18.0 Å². The number of ether oxygens (including phenoxy) is 1. The van der Waals surface area contributed by atoms with Crippen LogP contribution in [0, 0.1) is 0 Å². The minimum Gasteiger partial charge on any atom is -0.406 e. The fourth-order valence-corrected chi connectivity index (χ4v) is 5.73. The molecule has 1 aliphatic heterocycles. The van der Waals surface area contributed by atoms with Crippen molar-refractivity contribution >= 4 is 29.3 Å². The number of hydrazine groups is 1. The van der Waals surface area contributed by atoms with Crippen LogP contribution in [-0.4, -0.2) is 51.9 Å². The number of carbonyl (C=O) groups is 1. The molecule has 0 saturated carbocycles. The van der Waals surface area contributed by atoms with Gasteiger partial charge in [-0.25, -0.2) is 5.43 Å². The fraction of sp³-hybridized carbons (Fsp3) is 0.300. The normalized spacial score (nSPS) is 15.4. The Labute approximate surface area is 251 Å². The molecule has 0 bridgehead atoms. The smallest absolute Gasteiger partial charge is 0.406 e. The Balaban J connectivity index is 1.18. The Morgan fingerprint density at radius 2 is 1.77 bits per heavy atom. The number of alkyl halides is 3. The van der Waals surface area contributed by atoms with E-state index in [2.05, 4.69) is 50.9 Å². The van der Waals surface area contributed by atoms with Gasteiger partial charge in [-0.3, -0.25) is 15.1 Å². The number of rotatable bonds is 11. The van der Waals surface area contributed by atoms with Gasteiger partial charge in [0.2, 0.25) is 11.9 Å². The predicted molar refractivity (Wildman–Crippen MR) is 162 cm³/mol. The first-order chi connectivity index (χ1) is 20.6. The summed E-state index contributed by atoms with van der Waals surface area (Å²) in [5.41, 5.74) is 10.9. The lowest BCUT2D eigenvalue weighted by molar-refractivity contribution is -0.274. The summed E-state index contributed by atoms with van der Waals surface area (Å²) in [5.74, 6) is 1.39. The molecule has 5 rings (SSSR count). The predicted octanol–water partition coefficient (Wildman–Crippen LogP) is 5.70. The molecule has 2 heterocycles. The number of hydrogen-bond donors (Lipinski definition) is 3. The SMILES string of the molecule is CNc1nc(-c2ccc(CCNNC3SCC(=O)N3c3ccccc3C(C)C)cc2)nn1-c1ccc(OC(F)(F)F)cc1. The number of nitrogens with one attached hydrogen (secondary N) is 3. The molecule has 1 saturated heterocycles. The van der Waals surface area contributed by atoms with Gasteiger partial charge in [-0.1, -0.05) is 56.3 Å². The van der Waals surface area contributed by atoms with E-state index in [1.165, 1.54) is 28.9 Å². The van der Waals surface area contributed by atoms with E-state index in [1.54, 1.807) is 18.8 Å². The average molecular weight is 612 g/mol. The van der Waals surface area contributed by atoms with Gasteiger partial charge in [0.15, 0.2) is 5.82 Å². The van der Waals surface area contributed by atoms with Gasteiger partial charge in [0, 0.05) is 24.8 Å². The topological polar surface area (TPSA) is 96.3 Å². The number of halogens is 3. The first-order valence-electron chi connectivity index (χ1n) is 13.7. The Morgan fingerprint density at radius 1 is 1.05 bits per heavy atom. The van der Waals surface area contributed by atoms with E-state index in [4.69, 9.17) is 0 Å². The Bertz CT molecular complexity index is 1540. The maximum absolute atomic E-state index is 12.7. The van der Waals surface area contributed by atoms with Gasteiger partial charge in [0.1, 0.15) is 11.2 Å². The summed E-state index contributed by atoms with van der Waals surface area (Å²) in [4.78, 5) is 19.1. The van der Waals surface area contributed by atoms with E-state index < -0.39 is 6.36 Å². The Kier molecular flexibility index (Phi) is 9.23. The summed E-state index contributed by atoms with van der Waals surface area (Å²) in [6.07, 6.45) is -4.01. The molecular formula is C30H32F3N7O2S. The maximum Gasteiger partial charge on any atom is 0.573 e. The van der Waals surface area contributed by atoms with Crippen LogP contribution in [0.2, 0.25) is 0 Å². The first kappa shape index (κ1) is 30.4. The molecule has 1 aromatic heterocycles. The van der Waals surface area contributed by atoms with Crippen LogP contribution in [0.4, 0.5) is 24.8 Å². The summed E-state index contributed by atoms with van der Waals surface area (Å²) in [5, 5.41) is 7.52. The molecule has 9 nitrogen and oxygen atoms in total. The second-order valence-electron chi connectivity index (χ2n) is 10.1. The molecule has 1 amide bonds. The lowest BCUT2D eigenvalue weighted by Gasteiger charge is -2.28. The van der Waals surface area contributed by atoms with Crippen LogP contribution < -0.4 is 25.8 Å². The van der Waals surface area contributed by atoms with E-state index in [-0.39, 0.29) is 17.2 Å². The number of amides is 1. The van der Waals surface area contributed by atoms with Crippen molar-refractivity contribution in [2.45, 2.75) is 38.0 Å². The quantitative estimate of drug-likeness (QED) is 0.147. The largest absolute Gasteiger partial charge is 0.573 e. The fourth-order valence-electron chi connectivity index (χ4n) is 4.74. The second kappa shape index (κ2) is 13.1. The van der Waals surface area contributed by atoms with Crippen LogP contribution >= 0.6 is 11.8 Å². The van der Waals surface area contributed by atoms with Gasteiger partial charge in [0.25, 0.3) is 0 Å². The summed E-state index contributed by atoms with van der Waals surface area (Å²) >= 11 is 1.56. The summed E-state index contributed by atoms with van der Waals surface area (Å²) in [7, 11) is 1.69. The number of thioether (sulfide) groups is 1. The number of nitrogens with zero attached hydrogens (tertiary/aromatic N) is 4. The number of para-hydroxylation sites is 1. The van der Waals surface area contributed by atoms with Crippen molar-refractivity contribution in [1.82, 2.24) is 25.6 Å². The van der Waals surface area contributed by atoms with Gasteiger partial charge in [-0.05, 0) is 53.8 Å². The zero-order chi connectivity index (χ0) is 30.6. The van der Waals surface area contributed by atoms with Crippen LogP contribution in [0.25, 0.3) is 17.1 Å². The number of benzene rings is 3. The van der Waals surface area contributed by atoms with E-state index in [0.717, 1.165) is 28.8 Å². The standard InChI is InChI=1S/C30H32F3N7O2S/c1-19(2)24-6-4-5-7-25(24)39-26(41)18-43-29(39)37-35-17-16-20-8-10-21(11-9-20)27-36-28(34-3)40(38-27)22-12-14-23(15-13-22)42-30(31,32)33/h4-15,19,29,35,37H,16-18H2,1-3H3,(H,34,36,38). The first-order valence-corrected chi connectivity index (χ1v) is 14.8. The van der Waals surface area contributed by atoms with Crippen LogP contribution in [0.1, 0.15) is 30.9 Å². The van der Waals surface area contributed by atoms with Gasteiger partial charge < -0.3 is 10.1 Å². The zero-order valence-corrected chi connectivity index (χ0v) is 24.7. The van der Waals surface area contributed by atoms with Crippen molar-refractivity contribution in [2.24, 2.45) is 0 Å². The zero-order valence-electron chi connectivity index (χ0n) is 23.9. The highest BCUT2D eigenvalue weighted by Crippen LogP contribution is 2.34. The molecule has 0 spiro atoms. The molecular weight excluding hydrogens is 579 g/mol. The third kappa shape index (κ3) is 7.29. The number of hydrogen-bond acceptors (Lipinski definition) is 8. The molecule has 43 heavy (non-hydrogen) atoms. The van der Waals surface area contributed by atoms with Crippen LogP contribution in [0.5, 0.6) is 5.75 Å². The lowest BCUT2D eigenvalue weighted by Crippen LogP contribution is -2.49. The van der Waals surface area contributed by atoms with E-state index in [1.807, 2.05) is 47.4 Å². The molecule has 4 aromatic rings. The molecule has 1 aliphatic rings. The van der Waals surface area contributed by atoms with Crippen LogP contribution in [-0.2, 0) is 11.2 Å². The maximum atomic E-state index is 12.7. The lowest BCUT2D eigenvalue weighted by atomic mass is 10.0. The van der Waals surface area contributed by atoms with E-state index >= 15 is 0 Å². The van der Waals surface area contributed by atoms with Crippen molar-refractivity contribution in [2.75, 3.05) is 29.6 Å². The highest BCUT2D eigenvalue weighted by molar-refractivity contribution is 8.01. The third-order valence-corrected chi connectivity index (χ3v) is 7.87. The van der Waals surface area contributed by atoms with Gasteiger partial charge in [0.05, 0.1) is 11.4 Å². The molecule has 3 aromatic carbocycles. The summed E-state index contributed by atoms with van der Waals surface area (Å²) in [6.45, 7) is 4.90. The molecule has 0 aliphatic carbocycles. The Morgan fingerprint density at radius 3 is 2.44 bits per heavy atom. The van der Waals surface area contributed by atoms with Crippen molar-refractivity contribution in [1.29, 1.82) is 0 Å². The molecule has 226 valence electrons. The minimum atomic E-state index is -4.76.